The standard InChI is InChI=1S/C12H17NO4/c1-3-17-12(15)10(13)6-8-4-5-9(14)7-11(8)16-2/h4-5,7,10,14H,3,6,13H2,1-2H3. The first-order valence-electron chi connectivity index (χ1n) is 5.36. The number of phenols is 1. The second kappa shape index (κ2) is 6.10. The summed E-state index contributed by atoms with van der Waals surface area (Å²) in [7, 11) is 1.49. The van der Waals surface area contributed by atoms with Gasteiger partial charge in [0.25, 0.3) is 0 Å². The van der Waals surface area contributed by atoms with Crippen LogP contribution in [-0.2, 0) is 16.0 Å². The fraction of sp³-hybridized carbons (Fsp3) is 0.417. The Balaban J connectivity index is 2.77. The van der Waals surface area contributed by atoms with Gasteiger partial charge in [-0.3, -0.25) is 4.79 Å². The van der Waals surface area contributed by atoms with E-state index in [9.17, 15) is 9.90 Å². The molecule has 0 aliphatic carbocycles. The second-order valence-corrected chi connectivity index (χ2v) is 3.56. The lowest BCUT2D eigenvalue weighted by Crippen LogP contribution is -2.34. The van der Waals surface area contributed by atoms with Crippen molar-refractivity contribution in [1.29, 1.82) is 0 Å². The van der Waals surface area contributed by atoms with Crippen LogP contribution in [0.15, 0.2) is 18.2 Å². The highest BCUT2D eigenvalue weighted by Gasteiger charge is 2.17. The van der Waals surface area contributed by atoms with E-state index in [2.05, 4.69) is 0 Å². The molecular formula is C12H17NO4. The van der Waals surface area contributed by atoms with Gasteiger partial charge in [-0.05, 0) is 18.6 Å². The molecule has 0 spiro atoms. The van der Waals surface area contributed by atoms with Crippen LogP contribution in [0.3, 0.4) is 0 Å². The number of ether oxygens (including phenoxy) is 2. The largest absolute Gasteiger partial charge is 0.508 e. The van der Waals surface area contributed by atoms with E-state index in [4.69, 9.17) is 15.2 Å². The maximum Gasteiger partial charge on any atom is 0.323 e. The highest BCUT2D eigenvalue weighted by Crippen LogP contribution is 2.24. The van der Waals surface area contributed by atoms with Gasteiger partial charge in [0.15, 0.2) is 0 Å². The Morgan fingerprint density at radius 3 is 2.82 bits per heavy atom. The third-order valence-corrected chi connectivity index (χ3v) is 2.30. The number of esters is 1. The summed E-state index contributed by atoms with van der Waals surface area (Å²) in [5.41, 5.74) is 6.46. The summed E-state index contributed by atoms with van der Waals surface area (Å²) < 4.78 is 9.92. The number of methoxy groups -OCH3 is 1. The van der Waals surface area contributed by atoms with Crippen molar-refractivity contribution in [2.75, 3.05) is 13.7 Å². The molecular weight excluding hydrogens is 222 g/mol. The first kappa shape index (κ1) is 13.3. The summed E-state index contributed by atoms with van der Waals surface area (Å²) in [5, 5.41) is 9.29. The van der Waals surface area contributed by atoms with Crippen LogP contribution in [0.5, 0.6) is 11.5 Å². The number of aromatic hydroxyl groups is 1. The van der Waals surface area contributed by atoms with E-state index in [1.54, 1.807) is 13.0 Å². The van der Waals surface area contributed by atoms with Gasteiger partial charge in [0.1, 0.15) is 17.5 Å². The molecule has 0 saturated carbocycles. The molecule has 1 aromatic carbocycles. The molecule has 3 N–H and O–H groups in total. The van der Waals surface area contributed by atoms with Crippen LogP contribution >= 0.6 is 0 Å². The zero-order chi connectivity index (χ0) is 12.8. The van der Waals surface area contributed by atoms with Crippen LogP contribution in [0.2, 0.25) is 0 Å². The van der Waals surface area contributed by atoms with Gasteiger partial charge in [0, 0.05) is 12.5 Å². The topological polar surface area (TPSA) is 81.8 Å². The van der Waals surface area contributed by atoms with Crippen LogP contribution in [0.4, 0.5) is 0 Å². The van der Waals surface area contributed by atoms with E-state index >= 15 is 0 Å². The molecule has 0 aliphatic heterocycles. The second-order valence-electron chi connectivity index (χ2n) is 3.56. The Hall–Kier alpha value is -1.75. The molecule has 5 heteroatoms. The average molecular weight is 239 g/mol. The van der Waals surface area contributed by atoms with Crippen molar-refractivity contribution in [3.63, 3.8) is 0 Å². The number of carbonyl (C=O) groups is 1. The van der Waals surface area contributed by atoms with E-state index in [1.165, 1.54) is 19.2 Å². The molecule has 0 aliphatic rings. The van der Waals surface area contributed by atoms with E-state index < -0.39 is 12.0 Å². The predicted octanol–water partition coefficient (Wildman–Crippen LogP) is 0.834. The van der Waals surface area contributed by atoms with E-state index in [0.29, 0.717) is 18.8 Å². The Morgan fingerprint density at radius 2 is 2.24 bits per heavy atom. The zero-order valence-corrected chi connectivity index (χ0v) is 9.97. The number of rotatable bonds is 5. The van der Waals surface area contributed by atoms with Gasteiger partial charge in [-0.15, -0.1) is 0 Å². The SMILES string of the molecule is CCOC(=O)C(N)Cc1ccc(O)cc1OC. The molecule has 5 nitrogen and oxygen atoms in total. The molecule has 1 rings (SSSR count). The molecule has 1 unspecified atom stereocenters. The monoisotopic (exact) mass is 239 g/mol. The van der Waals surface area contributed by atoms with Crippen molar-refractivity contribution in [2.45, 2.75) is 19.4 Å². The number of hydrogen-bond donors (Lipinski definition) is 2. The van der Waals surface area contributed by atoms with Crippen molar-refractivity contribution in [3.05, 3.63) is 23.8 Å². The minimum absolute atomic E-state index is 0.107. The summed E-state index contributed by atoms with van der Waals surface area (Å²) in [6.07, 6.45) is 0.308. The van der Waals surface area contributed by atoms with Crippen LogP contribution in [0.1, 0.15) is 12.5 Å². The van der Waals surface area contributed by atoms with Crippen LogP contribution in [-0.4, -0.2) is 30.8 Å². The Labute approximate surface area is 100 Å². The van der Waals surface area contributed by atoms with Gasteiger partial charge in [0.2, 0.25) is 0 Å². The Bertz CT molecular complexity index is 392. The van der Waals surface area contributed by atoms with E-state index in [0.717, 1.165) is 5.56 Å². The normalized spacial score (nSPS) is 11.9. The van der Waals surface area contributed by atoms with Crippen molar-refractivity contribution < 1.29 is 19.4 Å². The molecule has 94 valence electrons. The maximum atomic E-state index is 11.4. The molecule has 0 fully saturated rings. The fourth-order valence-corrected chi connectivity index (χ4v) is 1.47. The first-order valence-corrected chi connectivity index (χ1v) is 5.36. The third-order valence-electron chi connectivity index (χ3n) is 2.30. The van der Waals surface area contributed by atoms with E-state index in [-0.39, 0.29) is 5.75 Å². The lowest BCUT2D eigenvalue weighted by Gasteiger charge is -2.13. The number of hydrogen-bond acceptors (Lipinski definition) is 5. The van der Waals surface area contributed by atoms with Crippen molar-refractivity contribution in [3.8, 4) is 11.5 Å². The summed E-state index contributed by atoms with van der Waals surface area (Å²) in [5.74, 6) is 0.169. The summed E-state index contributed by atoms with van der Waals surface area (Å²) in [4.78, 5) is 11.4. The molecule has 1 aromatic rings. The summed E-state index contributed by atoms with van der Waals surface area (Å²) in [6, 6.07) is 3.95. The zero-order valence-electron chi connectivity index (χ0n) is 9.97. The van der Waals surface area contributed by atoms with Crippen LogP contribution in [0.25, 0.3) is 0 Å². The number of nitrogens with two attached hydrogens (primary N) is 1. The fourth-order valence-electron chi connectivity index (χ4n) is 1.47. The van der Waals surface area contributed by atoms with Crippen LogP contribution < -0.4 is 10.5 Å². The lowest BCUT2D eigenvalue weighted by atomic mass is 10.1. The third kappa shape index (κ3) is 3.64. The number of phenolic OH excluding ortho intramolecular Hbond substituents is 1. The predicted molar refractivity (Wildman–Crippen MR) is 63.0 cm³/mol. The summed E-state index contributed by atoms with van der Waals surface area (Å²) >= 11 is 0. The van der Waals surface area contributed by atoms with Crippen LogP contribution in [0, 0.1) is 0 Å². The minimum atomic E-state index is -0.728. The van der Waals surface area contributed by atoms with E-state index in [1.807, 2.05) is 0 Å². The molecule has 0 heterocycles. The molecule has 0 radical (unpaired) electrons. The van der Waals surface area contributed by atoms with Gasteiger partial charge in [0.05, 0.1) is 13.7 Å². The first-order chi connectivity index (χ1) is 8.08. The summed E-state index contributed by atoms with van der Waals surface area (Å²) in [6.45, 7) is 2.03. The quantitative estimate of drug-likeness (QED) is 0.744. The van der Waals surface area contributed by atoms with Gasteiger partial charge in [-0.2, -0.15) is 0 Å². The highest BCUT2D eigenvalue weighted by atomic mass is 16.5. The molecule has 0 saturated heterocycles. The molecule has 0 bridgehead atoms. The van der Waals surface area contributed by atoms with Crippen molar-refractivity contribution in [1.82, 2.24) is 0 Å². The number of benzene rings is 1. The molecule has 17 heavy (non-hydrogen) atoms. The lowest BCUT2D eigenvalue weighted by molar-refractivity contribution is -0.144. The minimum Gasteiger partial charge on any atom is -0.508 e. The molecule has 1 atom stereocenters. The van der Waals surface area contributed by atoms with Gasteiger partial charge in [-0.25, -0.2) is 0 Å². The van der Waals surface area contributed by atoms with Gasteiger partial charge >= 0.3 is 5.97 Å². The van der Waals surface area contributed by atoms with Gasteiger partial charge < -0.3 is 20.3 Å². The Morgan fingerprint density at radius 1 is 1.53 bits per heavy atom. The highest BCUT2D eigenvalue weighted by molar-refractivity contribution is 5.76. The number of carbonyl (C=O) groups excluding carboxylic acids is 1. The molecule has 0 aromatic heterocycles. The van der Waals surface area contributed by atoms with Gasteiger partial charge in [-0.1, -0.05) is 6.07 Å². The van der Waals surface area contributed by atoms with Crippen molar-refractivity contribution in [2.24, 2.45) is 5.73 Å². The molecule has 0 amide bonds. The maximum absolute atomic E-state index is 11.4. The smallest absolute Gasteiger partial charge is 0.323 e. The van der Waals surface area contributed by atoms with Crippen molar-refractivity contribution >= 4 is 5.97 Å². The Kier molecular flexibility index (Phi) is 4.78. The average Bonchev–Trinajstić information content (AvgIpc) is 2.31.